The highest BCUT2D eigenvalue weighted by atomic mass is 32.1. The summed E-state index contributed by atoms with van der Waals surface area (Å²) in [7, 11) is 0. The van der Waals surface area contributed by atoms with E-state index in [1.54, 1.807) is 6.07 Å². The van der Waals surface area contributed by atoms with E-state index in [0.717, 1.165) is 43.0 Å². The van der Waals surface area contributed by atoms with Crippen molar-refractivity contribution < 1.29 is 14.3 Å². The van der Waals surface area contributed by atoms with Crippen molar-refractivity contribution in [1.82, 2.24) is 15.2 Å². The molecule has 2 amide bonds. The summed E-state index contributed by atoms with van der Waals surface area (Å²) in [5.74, 6) is -0.0915. The Hall–Kier alpha value is -1.81. The lowest BCUT2D eigenvalue weighted by molar-refractivity contribution is -0.122. The van der Waals surface area contributed by atoms with Gasteiger partial charge in [0.2, 0.25) is 5.91 Å². The van der Waals surface area contributed by atoms with E-state index in [0.29, 0.717) is 29.6 Å². The maximum atomic E-state index is 12.2. The van der Waals surface area contributed by atoms with Crippen LogP contribution in [0.25, 0.3) is 0 Å². The van der Waals surface area contributed by atoms with Crippen LogP contribution in [0.4, 0.5) is 5.13 Å². The molecule has 1 fully saturated rings. The fourth-order valence-corrected chi connectivity index (χ4v) is 4.96. The fourth-order valence-electron chi connectivity index (χ4n) is 3.30. The van der Waals surface area contributed by atoms with Crippen molar-refractivity contribution in [3.8, 4) is 0 Å². The monoisotopic (exact) mass is 406 g/mol. The van der Waals surface area contributed by atoms with Crippen LogP contribution >= 0.6 is 22.7 Å². The second-order valence-electron chi connectivity index (χ2n) is 6.72. The number of thiazole rings is 1. The molecule has 2 aliphatic heterocycles. The predicted molar refractivity (Wildman–Crippen MR) is 105 cm³/mol. The summed E-state index contributed by atoms with van der Waals surface area (Å²) in [5.41, 5.74) is 1.03. The molecule has 4 heterocycles. The molecule has 4 rings (SSSR count). The molecule has 0 unspecified atom stereocenters. The second-order valence-corrected chi connectivity index (χ2v) is 8.75. The number of fused-ring (bicyclic) bond motifs is 1. The Morgan fingerprint density at radius 1 is 1.41 bits per heavy atom. The molecule has 1 atom stereocenters. The van der Waals surface area contributed by atoms with Crippen molar-refractivity contribution in [2.45, 2.75) is 31.9 Å². The van der Waals surface area contributed by atoms with Crippen LogP contribution in [-0.2, 0) is 22.5 Å². The summed E-state index contributed by atoms with van der Waals surface area (Å²) in [5, 5.41) is 8.35. The van der Waals surface area contributed by atoms with E-state index in [1.807, 2.05) is 11.4 Å². The highest BCUT2D eigenvalue weighted by Gasteiger charge is 2.24. The first-order valence-corrected chi connectivity index (χ1v) is 10.8. The van der Waals surface area contributed by atoms with Crippen molar-refractivity contribution in [2.75, 3.05) is 31.6 Å². The van der Waals surface area contributed by atoms with Gasteiger partial charge in [0.25, 0.3) is 5.91 Å². The summed E-state index contributed by atoms with van der Waals surface area (Å²) in [6.07, 6.45) is 3.05. The third-order valence-electron chi connectivity index (χ3n) is 4.69. The first kappa shape index (κ1) is 18.5. The van der Waals surface area contributed by atoms with Gasteiger partial charge in [-0.25, -0.2) is 4.98 Å². The van der Waals surface area contributed by atoms with Crippen LogP contribution < -0.4 is 10.6 Å². The number of thiophene rings is 1. The molecule has 0 spiro atoms. The molecule has 2 aromatic rings. The molecule has 0 aromatic carbocycles. The molecule has 2 N–H and O–H groups in total. The molecule has 1 saturated heterocycles. The van der Waals surface area contributed by atoms with E-state index >= 15 is 0 Å². The van der Waals surface area contributed by atoms with E-state index in [2.05, 4.69) is 20.5 Å². The maximum Gasteiger partial charge on any atom is 0.267 e. The van der Waals surface area contributed by atoms with Crippen molar-refractivity contribution in [3.05, 3.63) is 33.0 Å². The second kappa shape index (κ2) is 8.47. The number of hydrogen-bond donors (Lipinski definition) is 2. The lowest BCUT2D eigenvalue weighted by atomic mass is 10.2. The number of ether oxygens (including phenoxy) is 1. The Bertz CT molecular complexity index is 800. The molecule has 0 radical (unpaired) electrons. The minimum Gasteiger partial charge on any atom is -0.376 e. The molecule has 0 bridgehead atoms. The third kappa shape index (κ3) is 4.73. The van der Waals surface area contributed by atoms with Gasteiger partial charge in [0, 0.05) is 37.5 Å². The lowest BCUT2D eigenvalue weighted by Gasteiger charge is -2.25. The lowest BCUT2D eigenvalue weighted by Crippen LogP contribution is -2.41. The van der Waals surface area contributed by atoms with Crippen LogP contribution in [0.1, 0.15) is 33.1 Å². The largest absolute Gasteiger partial charge is 0.376 e. The zero-order chi connectivity index (χ0) is 18.6. The molecule has 2 aromatic heterocycles. The van der Waals surface area contributed by atoms with Crippen LogP contribution in [0.2, 0.25) is 0 Å². The summed E-state index contributed by atoms with van der Waals surface area (Å²) in [4.78, 5) is 32.8. The molecule has 144 valence electrons. The number of carbonyl (C=O) groups excluding carboxylic acids is 2. The fraction of sp³-hybridized carbons (Fsp3) is 0.500. The molecule has 0 aliphatic carbocycles. The number of nitrogens with one attached hydrogen (secondary N) is 2. The van der Waals surface area contributed by atoms with Gasteiger partial charge >= 0.3 is 0 Å². The predicted octanol–water partition coefficient (Wildman–Crippen LogP) is 2.11. The number of anilines is 1. The molecule has 0 saturated carbocycles. The third-order valence-corrected chi connectivity index (χ3v) is 6.56. The van der Waals surface area contributed by atoms with Gasteiger partial charge in [-0.15, -0.1) is 22.7 Å². The highest BCUT2D eigenvalue weighted by Crippen LogP contribution is 2.28. The van der Waals surface area contributed by atoms with Crippen LogP contribution in [0, 0.1) is 0 Å². The van der Waals surface area contributed by atoms with Crippen molar-refractivity contribution in [1.29, 1.82) is 0 Å². The van der Waals surface area contributed by atoms with Crippen LogP contribution in [-0.4, -0.2) is 54.0 Å². The van der Waals surface area contributed by atoms with Gasteiger partial charge in [-0.3, -0.25) is 19.8 Å². The normalized spacial score (nSPS) is 19.6. The van der Waals surface area contributed by atoms with E-state index in [1.165, 1.54) is 22.7 Å². The summed E-state index contributed by atoms with van der Waals surface area (Å²) >= 11 is 2.90. The Morgan fingerprint density at radius 3 is 3.11 bits per heavy atom. The number of hydrogen-bond acceptors (Lipinski definition) is 7. The highest BCUT2D eigenvalue weighted by molar-refractivity contribution is 7.16. The number of carbonyl (C=O) groups is 2. The molecule has 2 aliphatic rings. The summed E-state index contributed by atoms with van der Waals surface area (Å²) in [6.45, 7) is 3.25. The van der Waals surface area contributed by atoms with Crippen molar-refractivity contribution in [3.63, 3.8) is 0 Å². The van der Waals surface area contributed by atoms with Gasteiger partial charge in [0.15, 0.2) is 5.13 Å². The topological polar surface area (TPSA) is 83.6 Å². The zero-order valence-electron chi connectivity index (χ0n) is 14.9. The van der Waals surface area contributed by atoms with Crippen molar-refractivity contribution in [2.24, 2.45) is 0 Å². The summed E-state index contributed by atoms with van der Waals surface area (Å²) in [6, 6.07) is 3.65. The van der Waals surface area contributed by atoms with Crippen molar-refractivity contribution >= 4 is 39.6 Å². The molecular weight excluding hydrogens is 384 g/mol. The van der Waals surface area contributed by atoms with Crippen LogP contribution in [0.15, 0.2) is 17.5 Å². The molecule has 7 nitrogen and oxygen atoms in total. The first-order chi connectivity index (χ1) is 13.2. The average Bonchev–Trinajstić information content (AvgIpc) is 3.40. The van der Waals surface area contributed by atoms with E-state index in [-0.39, 0.29) is 17.9 Å². The van der Waals surface area contributed by atoms with Crippen LogP contribution in [0.3, 0.4) is 0 Å². The van der Waals surface area contributed by atoms with Gasteiger partial charge in [-0.2, -0.15) is 0 Å². The van der Waals surface area contributed by atoms with Gasteiger partial charge < -0.3 is 10.1 Å². The number of amides is 2. The quantitative estimate of drug-likeness (QED) is 0.768. The minimum absolute atomic E-state index is 0.0321. The maximum absolute atomic E-state index is 12.2. The molecule has 9 heteroatoms. The van der Waals surface area contributed by atoms with E-state index in [9.17, 15) is 9.59 Å². The summed E-state index contributed by atoms with van der Waals surface area (Å²) < 4.78 is 5.53. The first-order valence-electron chi connectivity index (χ1n) is 9.11. The smallest absolute Gasteiger partial charge is 0.267 e. The SMILES string of the molecule is O=C(CN1CCc2nc(NC(=O)c3cccs3)sc2C1)NC[C@@H]1CCCO1. The zero-order valence-corrected chi connectivity index (χ0v) is 16.5. The van der Waals surface area contributed by atoms with E-state index in [4.69, 9.17) is 4.74 Å². The van der Waals surface area contributed by atoms with E-state index < -0.39 is 0 Å². The molecule has 27 heavy (non-hydrogen) atoms. The van der Waals surface area contributed by atoms with Gasteiger partial charge in [-0.1, -0.05) is 6.07 Å². The number of aromatic nitrogens is 1. The minimum atomic E-state index is -0.124. The molecular formula is C18H22N4O3S2. The van der Waals surface area contributed by atoms with Gasteiger partial charge in [-0.05, 0) is 24.3 Å². The number of nitrogens with zero attached hydrogens (tertiary/aromatic N) is 2. The van der Waals surface area contributed by atoms with Gasteiger partial charge in [0.05, 0.1) is 23.2 Å². The Labute approximate surface area is 165 Å². The standard InChI is InChI=1S/C18H22N4O3S2/c23-16(19-9-12-3-1-7-25-12)11-22-6-5-13-15(10-22)27-18(20-13)21-17(24)14-4-2-8-26-14/h2,4,8,12H,1,3,5-7,9-11H2,(H,19,23)(H,20,21,24)/t12-/m0/s1. The Kier molecular flexibility index (Phi) is 5.82. The average molecular weight is 407 g/mol. The Balaban J connectivity index is 1.28. The number of rotatable bonds is 6. The van der Waals surface area contributed by atoms with Crippen LogP contribution in [0.5, 0.6) is 0 Å². The Morgan fingerprint density at radius 2 is 2.33 bits per heavy atom. The van der Waals surface area contributed by atoms with Gasteiger partial charge in [0.1, 0.15) is 0 Å².